The second kappa shape index (κ2) is 7.30. The summed E-state index contributed by atoms with van der Waals surface area (Å²) >= 11 is 0. The van der Waals surface area contributed by atoms with Gasteiger partial charge in [-0.25, -0.2) is 8.42 Å². The molecule has 1 N–H and O–H groups in total. The van der Waals surface area contributed by atoms with Gasteiger partial charge in [0.1, 0.15) is 9.84 Å². The van der Waals surface area contributed by atoms with Gasteiger partial charge in [0.05, 0.1) is 11.7 Å². The normalized spacial score (nSPS) is 28.0. The van der Waals surface area contributed by atoms with Crippen LogP contribution in [0.15, 0.2) is 0 Å². The van der Waals surface area contributed by atoms with Gasteiger partial charge in [-0.15, -0.1) is 0 Å². The van der Waals surface area contributed by atoms with Crippen molar-refractivity contribution in [3.05, 3.63) is 0 Å². The molecule has 2 fully saturated rings. The van der Waals surface area contributed by atoms with E-state index in [1.165, 1.54) is 25.5 Å². The standard InChI is InChI=1S/C16H30N2O3S/c1-4-18(12(2)11-22(3,20)21)16(19)14-8-9-15(17-10-14)13-6-5-7-13/h12-15,17H,4-11H2,1-3H3/t12?,14-,15+/m1/s1. The van der Waals surface area contributed by atoms with Crippen LogP contribution in [-0.4, -0.2) is 56.4 Å². The van der Waals surface area contributed by atoms with Crippen LogP contribution in [0.2, 0.25) is 0 Å². The van der Waals surface area contributed by atoms with Gasteiger partial charge in [-0.05, 0) is 45.4 Å². The number of amides is 1. The number of nitrogens with zero attached hydrogens (tertiary/aromatic N) is 1. The van der Waals surface area contributed by atoms with Gasteiger partial charge in [0.25, 0.3) is 0 Å². The van der Waals surface area contributed by atoms with Gasteiger partial charge in [0.2, 0.25) is 5.91 Å². The maximum Gasteiger partial charge on any atom is 0.227 e. The maximum absolute atomic E-state index is 12.7. The molecule has 1 aliphatic carbocycles. The molecule has 6 heteroatoms. The molecule has 3 atom stereocenters. The largest absolute Gasteiger partial charge is 0.339 e. The first kappa shape index (κ1) is 17.7. The van der Waals surface area contributed by atoms with Gasteiger partial charge >= 0.3 is 0 Å². The lowest BCUT2D eigenvalue weighted by atomic mass is 9.75. The van der Waals surface area contributed by atoms with Crippen LogP contribution in [0.3, 0.4) is 0 Å². The maximum atomic E-state index is 12.7. The zero-order valence-corrected chi connectivity index (χ0v) is 14.9. The molecule has 0 aromatic rings. The van der Waals surface area contributed by atoms with Crippen LogP contribution in [0.5, 0.6) is 0 Å². The summed E-state index contributed by atoms with van der Waals surface area (Å²) in [5.74, 6) is 0.955. The monoisotopic (exact) mass is 330 g/mol. The molecule has 128 valence electrons. The van der Waals surface area contributed by atoms with Gasteiger partial charge in [-0.3, -0.25) is 4.79 Å². The van der Waals surface area contributed by atoms with E-state index < -0.39 is 9.84 Å². The average molecular weight is 330 g/mol. The fourth-order valence-corrected chi connectivity index (χ4v) is 4.84. The lowest BCUT2D eigenvalue weighted by Crippen LogP contribution is -2.52. The van der Waals surface area contributed by atoms with Crippen LogP contribution in [0, 0.1) is 11.8 Å². The number of piperidine rings is 1. The van der Waals surface area contributed by atoms with Crippen LogP contribution in [0.25, 0.3) is 0 Å². The number of carbonyl (C=O) groups is 1. The van der Waals surface area contributed by atoms with Crippen molar-refractivity contribution in [2.24, 2.45) is 11.8 Å². The molecule has 1 aliphatic heterocycles. The number of nitrogens with one attached hydrogen (secondary N) is 1. The Bertz CT molecular complexity index is 480. The van der Waals surface area contributed by atoms with E-state index in [4.69, 9.17) is 0 Å². The molecule has 1 saturated carbocycles. The van der Waals surface area contributed by atoms with Gasteiger partial charge in [0.15, 0.2) is 0 Å². The Kier molecular flexibility index (Phi) is 5.88. The molecular formula is C16H30N2O3S. The minimum Gasteiger partial charge on any atom is -0.339 e. The van der Waals surface area contributed by atoms with E-state index in [0.717, 1.165) is 25.3 Å². The van der Waals surface area contributed by atoms with E-state index in [-0.39, 0.29) is 23.6 Å². The molecular weight excluding hydrogens is 300 g/mol. The SMILES string of the molecule is CCN(C(=O)[C@@H]1CC[C@@H](C2CCC2)NC1)C(C)CS(C)(=O)=O. The summed E-state index contributed by atoms with van der Waals surface area (Å²) in [4.78, 5) is 14.4. The number of rotatable bonds is 6. The third-order valence-electron chi connectivity index (χ3n) is 5.22. The molecule has 0 spiro atoms. The zero-order chi connectivity index (χ0) is 16.3. The average Bonchev–Trinajstić information content (AvgIpc) is 2.36. The Morgan fingerprint density at radius 3 is 2.36 bits per heavy atom. The van der Waals surface area contributed by atoms with Crippen molar-refractivity contribution in [3.63, 3.8) is 0 Å². The number of hydrogen-bond acceptors (Lipinski definition) is 4. The topological polar surface area (TPSA) is 66.5 Å². The Morgan fingerprint density at radius 1 is 1.27 bits per heavy atom. The fourth-order valence-electron chi connectivity index (χ4n) is 3.78. The first-order valence-electron chi connectivity index (χ1n) is 8.53. The minimum absolute atomic E-state index is 0.00159. The molecule has 5 nitrogen and oxygen atoms in total. The summed E-state index contributed by atoms with van der Waals surface area (Å²) in [6.45, 7) is 5.06. The zero-order valence-electron chi connectivity index (χ0n) is 14.0. The Balaban J connectivity index is 1.88. The Morgan fingerprint density at radius 2 is 1.95 bits per heavy atom. The van der Waals surface area contributed by atoms with Gasteiger partial charge in [-0.1, -0.05) is 6.42 Å². The van der Waals surface area contributed by atoms with Crippen LogP contribution >= 0.6 is 0 Å². The molecule has 22 heavy (non-hydrogen) atoms. The molecule has 2 rings (SSSR count). The van der Waals surface area contributed by atoms with Gasteiger partial charge < -0.3 is 10.2 Å². The number of sulfone groups is 1. The van der Waals surface area contributed by atoms with Gasteiger partial charge in [0, 0.05) is 31.4 Å². The summed E-state index contributed by atoms with van der Waals surface area (Å²) in [7, 11) is -3.07. The van der Waals surface area contributed by atoms with E-state index >= 15 is 0 Å². The van der Waals surface area contributed by atoms with Crippen LogP contribution in [0.4, 0.5) is 0 Å². The highest BCUT2D eigenvalue weighted by Gasteiger charge is 2.35. The van der Waals surface area contributed by atoms with Gasteiger partial charge in [-0.2, -0.15) is 0 Å². The Labute approximate surface area is 134 Å². The van der Waals surface area contributed by atoms with E-state index in [1.54, 1.807) is 4.90 Å². The van der Waals surface area contributed by atoms with Crippen molar-refractivity contribution in [1.82, 2.24) is 10.2 Å². The minimum atomic E-state index is -3.07. The Hall–Kier alpha value is -0.620. The molecule has 1 heterocycles. The van der Waals surface area contributed by atoms with E-state index in [0.29, 0.717) is 12.6 Å². The second-order valence-corrected chi connectivity index (χ2v) is 9.23. The highest BCUT2D eigenvalue weighted by Crippen LogP contribution is 2.34. The summed E-state index contributed by atoms with van der Waals surface area (Å²) in [6, 6.07) is 0.332. The fraction of sp³-hybridized carbons (Fsp3) is 0.938. The van der Waals surface area contributed by atoms with Crippen molar-refractivity contribution in [2.45, 2.75) is 58.0 Å². The highest BCUT2D eigenvalue weighted by molar-refractivity contribution is 7.90. The quantitative estimate of drug-likeness (QED) is 0.800. The molecule has 1 amide bonds. The summed E-state index contributed by atoms with van der Waals surface area (Å²) in [5, 5.41) is 3.55. The summed E-state index contributed by atoms with van der Waals surface area (Å²) < 4.78 is 22.9. The number of hydrogen-bond donors (Lipinski definition) is 1. The van der Waals surface area contributed by atoms with E-state index in [1.807, 2.05) is 13.8 Å². The lowest BCUT2D eigenvalue weighted by molar-refractivity contribution is -0.137. The third kappa shape index (κ3) is 4.44. The molecule has 0 aromatic carbocycles. The van der Waals surface area contributed by atoms with Crippen molar-refractivity contribution in [1.29, 1.82) is 0 Å². The predicted octanol–water partition coefficient (Wildman–Crippen LogP) is 1.44. The molecule has 0 radical (unpaired) electrons. The first-order valence-corrected chi connectivity index (χ1v) is 10.6. The molecule has 2 aliphatic rings. The number of carbonyl (C=O) groups excluding carboxylic acids is 1. The summed E-state index contributed by atoms with van der Waals surface area (Å²) in [5.41, 5.74) is 0. The van der Waals surface area contributed by atoms with Crippen molar-refractivity contribution >= 4 is 15.7 Å². The predicted molar refractivity (Wildman–Crippen MR) is 88.4 cm³/mol. The molecule has 0 aromatic heterocycles. The van der Waals surface area contributed by atoms with Crippen LogP contribution < -0.4 is 5.32 Å². The lowest BCUT2D eigenvalue weighted by Gasteiger charge is -2.40. The van der Waals surface area contributed by atoms with E-state index in [2.05, 4.69) is 5.32 Å². The molecule has 1 saturated heterocycles. The van der Waals surface area contributed by atoms with Crippen molar-refractivity contribution < 1.29 is 13.2 Å². The smallest absolute Gasteiger partial charge is 0.227 e. The van der Waals surface area contributed by atoms with Crippen molar-refractivity contribution in [3.8, 4) is 0 Å². The van der Waals surface area contributed by atoms with Crippen LogP contribution in [-0.2, 0) is 14.6 Å². The van der Waals surface area contributed by atoms with E-state index in [9.17, 15) is 13.2 Å². The first-order chi connectivity index (χ1) is 10.3. The highest BCUT2D eigenvalue weighted by atomic mass is 32.2. The molecule has 0 bridgehead atoms. The summed E-state index contributed by atoms with van der Waals surface area (Å²) in [6.07, 6.45) is 7.21. The second-order valence-electron chi connectivity index (χ2n) is 7.05. The third-order valence-corrected chi connectivity index (χ3v) is 6.31. The van der Waals surface area contributed by atoms with Crippen molar-refractivity contribution in [2.75, 3.05) is 25.1 Å². The van der Waals surface area contributed by atoms with Crippen LogP contribution in [0.1, 0.15) is 46.0 Å². The molecule has 1 unspecified atom stereocenters.